The van der Waals surface area contributed by atoms with Crippen LogP contribution in [0.15, 0.2) is 100 Å². The van der Waals surface area contributed by atoms with Crippen molar-refractivity contribution >= 4 is 47.1 Å². The van der Waals surface area contributed by atoms with Gasteiger partial charge in [0.05, 0.1) is 11.9 Å². The Morgan fingerprint density at radius 2 is 1.68 bits per heavy atom. The number of rotatable bonds is 11. The molecule has 0 aliphatic rings. The predicted octanol–water partition coefficient (Wildman–Crippen LogP) is 5.91. The number of benzene rings is 3. The van der Waals surface area contributed by atoms with Gasteiger partial charge in [0.1, 0.15) is 17.2 Å². The molecule has 0 aliphatic heterocycles. The summed E-state index contributed by atoms with van der Waals surface area (Å²) in [5, 5.41) is 11.7. The zero-order valence-electron chi connectivity index (χ0n) is 22.8. The smallest absolute Gasteiger partial charge is 0.272 e. The Labute approximate surface area is 242 Å². The Morgan fingerprint density at radius 3 is 2.37 bits per heavy atom. The molecule has 3 N–H and O–H groups in total. The maximum atomic E-state index is 13.4. The maximum Gasteiger partial charge on any atom is 0.272 e. The summed E-state index contributed by atoms with van der Waals surface area (Å²) < 4.78 is 10.7. The van der Waals surface area contributed by atoms with Crippen molar-refractivity contribution < 1.29 is 23.6 Å². The van der Waals surface area contributed by atoms with Crippen LogP contribution < -0.4 is 20.7 Å². The SMILES string of the molecule is CCOc1ccccc1/C=C(\NC(=O)c1ccccc1)C(=O)Nc1ccc(SC(C)C(=O)Nc2cc(C)on2)cc1. The van der Waals surface area contributed by atoms with Crippen molar-refractivity contribution in [2.24, 2.45) is 0 Å². The Bertz CT molecular complexity index is 1530. The van der Waals surface area contributed by atoms with E-state index in [4.69, 9.17) is 9.26 Å². The average molecular weight is 571 g/mol. The lowest BCUT2D eigenvalue weighted by Crippen LogP contribution is -2.30. The van der Waals surface area contributed by atoms with Crippen LogP contribution >= 0.6 is 11.8 Å². The number of nitrogens with zero attached hydrogens (tertiary/aromatic N) is 1. The molecule has 1 heterocycles. The van der Waals surface area contributed by atoms with E-state index in [1.165, 1.54) is 11.8 Å². The number of hydrogen-bond acceptors (Lipinski definition) is 7. The fourth-order valence-electron chi connectivity index (χ4n) is 3.71. The summed E-state index contributed by atoms with van der Waals surface area (Å²) in [6.45, 7) is 5.86. The maximum absolute atomic E-state index is 13.4. The van der Waals surface area contributed by atoms with Crippen LogP contribution in [0.4, 0.5) is 11.5 Å². The number of ether oxygens (including phenoxy) is 1. The Hall–Kier alpha value is -4.83. The van der Waals surface area contributed by atoms with Crippen LogP contribution in [-0.2, 0) is 9.59 Å². The quantitative estimate of drug-likeness (QED) is 0.151. The van der Waals surface area contributed by atoms with Crippen LogP contribution in [0.3, 0.4) is 0 Å². The second kappa shape index (κ2) is 14.0. The summed E-state index contributed by atoms with van der Waals surface area (Å²) in [6.07, 6.45) is 1.59. The minimum atomic E-state index is -0.503. The molecule has 10 heteroatoms. The van der Waals surface area contributed by atoms with Crippen molar-refractivity contribution in [3.63, 3.8) is 0 Å². The fourth-order valence-corrected chi connectivity index (χ4v) is 4.58. The third kappa shape index (κ3) is 8.33. The molecule has 4 aromatic rings. The van der Waals surface area contributed by atoms with Gasteiger partial charge in [0, 0.05) is 27.8 Å². The zero-order valence-corrected chi connectivity index (χ0v) is 23.7. The van der Waals surface area contributed by atoms with E-state index in [1.807, 2.05) is 25.1 Å². The molecule has 4 rings (SSSR count). The number of carbonyl (C=O) groups excluding carboxylic acids is 3. The molecule has 0 fully saturated rings. The van der Waals surface area contributed by atoms with Gasteiger partial charge in [-0.25, -0.2) is 0 Å². The second-order valence-corrected chi connectivity index (χ2v) is 10.3. The van der Waals surface area contributed by atoms with E-state index in [0.717, 1.165) is 4.90 Å². The molecular formula is C31H30N4O5S. The summed E-state index contributed by atoms with van der Waals surface area (Å²) in [5.41, 5.74) is 1.64. The van der Waals surface area contributed by atoms with Gasteiger partial charge in [-0.05, 0) is 69.3 Å². The molecule has 9 nitrogen and oxygen atoms in total. The van der Waals surface area contributed by atoms with E-state index in [0.29, 0.717) is 40.7 Å². The summed E-state index contributed by atoms with van der Waals surface area (Å²) >= 11 is 1.36. The fraction of sp³-hybridized carbons (Fsp3) is 0.161. The lowest BCUT2D eigenvalue weighted by Gasteiger charge is -2.14. The largest absolute Gasteiger partial charge is 0.493 e. The van der Waals surface area contributed by atoms with Gasteiger partial charge < -0.3 is 25.2 Å². The van der Waals surface area contributed by atoms with Crippen molar-refractivity contribution in [1.82, 2.24) is 10.5 Å². The van der Waals surface area contributed by atoms with Crippen molar-refractivity contribution in [1.29, 1.82) is 0 Å². The van der Waals surface area contributed by atoms with Crippen LogP contribution in [-0.4, -0.2) is 34.7 Å². The van der Waals surface area contributed by atoms with E-state index in [9.17, 15) is 14.4 Å². The first-order valence-electron chi connectivity index (χ1n) is 12.9. The summed E-state index contributed by atoms with van der Waals surface area (Å²) in [7, 11) is 0. The summed E-state index contributed by atoms with van der Waals surface area (Å²) in [5.74, 6) is 0.432. The Balaban J connectivity index is 1.47. The highest BCUT2D eigenvalue weighted by Crippen LogP contribution is 2.26. The summed E-state index contributed by atoms with van der Waals surface area (Å²) in [6, 6.07) is 24.6. The lowest BCUT2D eigenvalue weighted by molar-refractivity contribution is -0.115. The van der Waals surface area contributed by atoms with Gasteiger partial charge in [0.25, 0.3) is 11.8 Å². The van der Waals surface area contributed by atoms with E-state index in [1.54, 1.807) is 86.7 Å². The highest BCUT2D eigenvalue weighted by Gasteiger charge is 2.18. The number of nitrogens with one attached hydrogen (secondary N) is 3. The number of aromatic nitrogens is 1. The number of anilines is 2. The van der Waals surface area contributed by atoms with Crippen LogP contribution in [0, 0.1) is 6.92 Å². The first-order valence-corrected chi connectivity index (χ1v) is 13.8. The highest BCUT2D eigenvalue weighted by molar-refractivity contribution is 8.00. The second-order valence-electron chi connectivity index (χ2n) is 8.90. The van der Waals surface area contributed by atoms with E-state index < -0.39 is 17.1 Å². The number of thioether (sulfide) groups is 1. The topological polar surface area (TPSA) is 123 Å². The third-order valence-electron chi connectivity index (χ3n) is 5.72. The van der Waals surface area contributed by atoms with Gasteiger partial charge in [-0.15, -0.1) is 11.8 Å². The van der Waals surface area contributed by atoms with Gasteiger partial charge in [-0.2, -0.15) is 0 Å². The molecule has 0 spiro atoms. The lowest BCUT2D eigenvalue weighted by atomic mass is 10.1. The molecule has 3 aromatic carbocycles. The number of para-hydroxylation sites is 1. The highest BCUT2D eigenvalue weighted by atomic mass is 32.2. The standard InChI is InChI=1S/C31H30N4O5S/c1-4-39-27-13-9-8-12-23(27)19-26(33-30(37)22-10-6-5-7-11-22)31(38)32-24-14-16-25(17-15-24)41-21(3)29(36)34-28-18-20(2)40-35-28/h5-19,21H,4H2,1-3H3,(H,32,38)(H,33,37)(H,34,35,36)/b26-19-. The van der Waals surface area contributed by atoms with Crippen LogP contribution in [0.25, 0.3) is 6.08 Å². The molecular weight excluding hydrogens is 540 g/mol. The van der Waals surface area contributed by atoms with Crippen LogP contribution in [0.2, 0.25) is 0 Å². The number of amides is 3. The van der Waals surface area contributed by atoms with Gasteiger partial charge in [0.2, 0.25) is 5.91 Å². The molecule has 210 valence electrons. The molecule has 3 amide bonds. The number of hydrogen-bond donors (Lipinski definition) is 3. The first kappa shape index (κ1) is 29.2. The van der Waals surface area contributed by atoms with Gasteiger partial charge in [-0.1, -0.05) is 41.6 Å². The van der Waals surface area contributed by atoms with Crippen LogP contribution in [0.1, 0.15) is 35.5 Å². The van der Waals surface area contributed by atoms with E-state index in [2.05, 4.69) is 21.1 Å². The number of aryl methyl sites for hydroxylation is 1. The van der Waals surface area contributed by atoms with Gasteiger partial charge >= 0.3 is 0 Å². The molecule has 1 atom stereocenters. The number of carbonyl (C=O) groups is 3. The Kier molecular flexibility index (Phi) is 9.95. The molecule has 1 unspecified atom stereocenters. The van der Waals surface area contributed by atoms with Crippen LogP contribution in [0.5, 0.6) is 5.75 Å². The molecule has 1 aromatic heterocycles. The molecule has 0 bridgehead atoms. The monoisotopic (exact) mass is 570 g/mol. The molecule has 0 aliphatic carbocycles. The van der Waals surface area contributed by atoms with Crippen molar-refractivity contribution in [3.05, 3.63) is 108 Å². The van der Waals surface area contributed by atoms with Gasteiger partial charge in [-0.3, -0.25) is 14.4 Å². The van der Waals surface area contributed by atoms with Crippen molar-refractivity contribution in [2.45, 2.75) is 30.9 Å². The average Bonchev–Trinajstić information content (AvgIpc) is 3.39. The van der Waals surface area contributed by atoms with E-state index >= 15 is 0 Å². The minimum absolute atomic E-state index is 0.0536. The van der Waals surface area contributed by atoms with Crippen molar-refractivity contribution in [3.8, 4) is 5.75 Å². The zero-order chi connectivity index (χ0) is 29.2. The Morgan fingerprint density at radius 1 is 0.976 bits per heavy atom. The van der Waals surface area contributed by atoms with Crippen molar-refractivity contribution in [2.75, 3.05) is 17.2 Å². The summed E-state index contributed by atoms with van der Waals surface area (Å²) in [4.78, 5) is 39.6. The first-order chi connectivity index (χ1) is 19.8. The molecule has 0 saturated carbocycles. The molecule has 0 radical (unpaired) electrons. The molecule has 0 saturated heterocycles. The molecule has 41 heavy (non-hydrogen) atoms. The third-order valence-corrected chi connectivity index (χ3v) is 6.83. The van der Waals surface area contributed by atoms with E-state index in [-0.39, 0.29) is 11.6 Å². The van der Waals surface area contributed by atoms with Gasteiger partial charge in [0.15, 0.2) is 5.82 Å². The predicted molar refractivity (Wildman–Crippen MR) is 160 cm³/mol. The normalized spacial score (nSPS) is 11.8. The minimum Gasteiger partial charge on any atom is -0.493 e.